The van der Waals surface area contributed by atoms with E-state index in [0.717, 1.165) is 37.1 Å². The average molecular weight is 393 g/mol. The van der Waals surface area contributed by atoms with Gasteiger partial charge in [-0.2, -0.15) is 0 Å². The van der Waals surface area contributed by atoms with Gasteiger partial charge < -0.3 is 29.7 Å². The van der Waals surface area contributed by atoms with Crippen LogP contribution in [0.3, 0.4) is 0 Å². The van der Waals surface area contributed by atoms with Gasteiger partial charge in [-0.1, -0.05) is 6.92 Å². The van der Waals surface area contributed by atoms with Gasteiger partial charge in [0.15, 0.2) is 17.5 Å². The lowest BCUT2D eigenvalue weighted by Gasteiger charge is -2.30. The van der Waals surface area contributed by atoms with Gasteiger partial charge in [0, 0.05) is 26.2 Å². The van der Waals surface area contributed by atoms with Crippen LogP contribution >= 0.6 is 0 Å². The molecule has 1 fully saturated rings. The number of rotatable bonds is 9. The molecular formula is C21H36N4O3. The number of nitrogens with one attached hydrogen (secondary N) is 2. The molecule has 0 bridgehead atoms. The SMILES string of the molecule is CCNC(=NCc1cc(OC)c(OC)c(OC)c1)NCCN1CCCC(C)C1. The maximum Gasteiger partial charge on any atom is 0.203 e. The Bertz CT molecular complexity index is 611. The molecule has 1 aromatic carbocycles. The van der Waals surface area contributed by atoms with E-state index in [-0.39, 0.29) is 0 Å². The van der Waals surface area contributed by atoms with Crippen LogP contribution in [0.5, 0.6) is 17.2 Å². The molecular weight excluding hydrogens is 356 g/mol. The van der Waals surface area contributed by atoms with Crippen LogP contribution in [0.2, 0.25) is 0 Å². The van der Waals surface area contributed by atoms with Crippen molar-refractivity contribution < 1.29 is 14.2 Å². The Hall–Kier alpha value is -2.15. The summed E-state index contributed by atoms with van der Waals surface area (Å²) in [5, 5.41) is 6.76. The topological polar surface area (TPSA) is 67.4 Å². The minimum atomic E-state index is 0.521. The third-order valence-corrected chi connectivity index (χ3v) is 4.95. The number of hydrogen-bond acceptors (Lipinski definition) is 5. The molecule has 28 heavy (non-hydrogen) atoms. The van der Waals surface area contributed by atoms with Crippen LogP contribution in [-0.4, -0.2) is 64.9 Å². The van der Waals surface area contributed by atoms with E-state index in [9.17, 15) is 0 Å². The van der Waals surface area contributed by atoms with Gasteiger partial charge in [0.25, 0.3) is 0 Å². The van der Waals surface area contributed by atoms with Crippen LogP contribution in [0.25, 0.3) is 0 Å². The summed E-state index contributed by atoms with van der Waals surface area (Å²) in [7, 11) is 4.85. The van der Waals surface area contributed by atoms with Crippen molar-refractivity contribution in [1.82, 2.24) is 15.5 Å². The van der Waals surface area contributed by atoms with E-state index in [0.29, 0.717) is 23.8 Å². The summed E-state index contributed by atoms with van der Waals surface area (Å²) in [4.78, 5) is 7.24. The minimum absolute atomic E-state index is 0.521. The third kappa shape index (κ3) is 6.48. The second kappa shape index (κ2) is 11.6. The van der Waals surface area contributed by atoms with E-state index in [1.807, 2.05) is 12.1 Å². The molecule has 1 aliphatic heterocycles. The number of ether oxygens (including phenoxy) is 3. The number of guanidine groups is 1. The molecule has 1 saturated heterocycles. The minimum Gasteiger partial charge on any atom is -0.493 e. The van der Waals surface area contributed by atoms with Crippen LogP contribution in [0.4, 0.5) is 0 Å². The van der Waals surface area contributed by atoms with Gasteiger partial charge in [-0.25, -0.2) is 4.99 Å². The predicted molar refractivity (Wildman–Crippen MR) is 114 cm³/mol. The van der Waals surface area contributed by atoms with Crippen molar-refractivity contribution in [3.63, 3.8) is 0 Å². The molecule has 0 aromatic heterocycles. The van der Waals surface area contributed by atoms with E-state index in [4.69, 9.17) is 19.2 Å². The lowest BCUT2D eigenvalue weighted by Crippen LogP contribution is -2.43. The van der Waals surface area contributed by atoms with E-state index in [2.05, 4.69) is 29.4 Å². The highest BCUT2D eigenvalue weighted by atomic mass is 16.5. The zero-order valence-electron chi connectivity index (χ0n) is 18.0. The molecule has 2 N–H and O–H groups in total. The van der Waals surface area contributed by atoms with E-state index >= 15 is 0 Å². The lowest BCUT2D eigenvalue weighted by atomic mass is 10.0. The Labute approximate surface area is 169 Å². The first-order chi connectivity index (χ1) is 13.6. The summed E-state index contributed by atoms with van der Waals surface area (Å²) in [5.74, 6) is 3.50. The number of hydrogen-bond donors (Lipinski definition) is 2. The fraction of sp³-hybridized carbons (Fsp3) is 0.667. The van der Waals surface area contributed by atoms with Crippen molar-refractivity contribution >= 4 is 5.96 Å². The number of likely N-dealkylation sites (tertiary alicyclic amines) is 1. The molecule has 0 saturated carbocycles. The van der Waals surface area contributed by atoms with Gasteiger partial charge in [-0.3, -0.25) is 0 Å². The zero-order chi connectivity index (χ0) is 20.4. The average Bonchev–Trinajstić information content (AvgIpc) is 2.71. The number of piperidine rings is 1. The molecule has 0 aliphatic carbocycles. The second-order valence-corrected chi connectivity index (χ2v) is 7.20. The summed E-state index contributed by atoms with van der Waals surface area (Å²) < 4.78 is 16.2. The highest BCUT2D eigenvalue weighted by Gasteiger charge is 2.16. The largest absolute Gasteiger partial charge is 0.493 e. The van der Waals surface area contributed by atoms with Crippen molar-refractivity contribution in [1.29, 1.82) is 0 Å². The van der Waals surface area contributed by atoms with Crippen LogP contribution in [0.1, 0.15) is 32.3 Å². The van der Waals surface area contributed by atoms with Gasteiger partial charge in [0.2, 0.25) is 5.75 Å². The first-order valence-electron chi connectivity index (χ1n) is 10.1. The molecule has 1 heterocycles. The molecule has 2 rings (SSSR count). The number of aliphatic imine (C=N–C) groups is 1. The monoisotopic (exact) mass is 392 g/mol. The highest BCUT2D eigenvalue weighted by Crippen LogP contribution is 2.38. The van der Waals surface area contributed by atoms with Crippen LogP contribution in [0, 0.1) is 5.92 Å². The van der Waals surface area contributed by atoms with Gasteiger partial charge in [0.05, 0.1) is 27.9 Å². The van der Waals surface area contributed by atoms with Crippen molar-refractivity contribution in [2.75, 3.05) is 54.1 Å². The Balaban J connectivity index is 1.97. The lowest BCUT2D eigenvalue weighted by molar-refractivity contribution is 0.187. The maximum absolute atomic E-state index is 5.42. The summed E-state index contributed by atoms with van der Waals surface area (Å²) >= 11 is 0. The van der Waals surface area contributed by atoms with E-state index in [1.54, 1.807) is 21.3 Å². The normalized spacial score (nSPS) is 17.9. The molecule has 1 unspecified atom stereocenters. The fourth-order valence-corrected chi connectivity index (χ4v) is 3.56. The van der Waals surface area contributed by atoms with Crippen molar-refractivity contribution in [3.05, 3.63) is 17.7 Å². The summed E-state index contributed by atoms with van der Waals surface area (Å²) in [6.07, 6.45) is 2.65. The highest BCUT2D eigenvalue weighted by molar-refractivity contribution is 5.79. The third-order valence-electron chi connectivity index (χ3n) is 4.95. The van der Waals surface area contributed by atoms with Crippen LogP contribution in [0.15, 0.2) is 17.1 Å². The maximum atomic E-state index is 5.42. The molecule has 7 nitrogen and oxygen atoms in total. The van der Waals surface area contributed by atoms with Crippen molar-refractivity contribution in [2.45, 2.75) is 33.2 Å². The summed E-state index contributed by atoms with van der Waals surface area (Å²) in [6.45, 7) is 10.1. The smallest absolute Gasteiger partial charge is 0.203 e. The van der Waals surface area contributed by atoms with E-state index in [1.165, 1.54) is 25.9 Å². The number of methoxy groups -OCH3 is 3. The Morgan fingerprint density at radius 3 is 2.43 bits per heavy atom. The van der Waals surface area contributed by atoms with Crippen molar-refractivity contribution in [2.24, 2.45) is 10.9 Å². The first kappa shape index (κ1) is 22.1. The predicted octanol–water partition coefficient (Wildman–Crippen LogP) is 2.50. The molecule has 7 heteroatoms. The first-order valence-corrected chi connectivity index (χ1v) is 10.1. The van der Waals surface area contributed by atoms with Crippen LogP contribution in [-0.2, 0) is 6.54 Å². The van der Waals surface area contributed by atoms with Gasteiger partial charge in [-0.15, -0.1) is 0 Å². The van der Waals surface area contributed by atoms with Crippen molar-refractivity contribution in [3.8, 4) is 17.2 Å². The number of benzene rings is 1. The quantitative estimate of drug-likeness (QED) is 0.497. The molecule has 1 aliphatic rings. The van der Waals surface area contributed by atoms with Crippen LogP contribution < -0.4 is 24.8 Å². The Morgan fingerprint density at radius 2 is 1.86 bits per heavy atom. The van der Waals surface area contributed by atoms with Gasteiger partial charge in [0.1, 0.15) is 0 Å². The van der Waals surface area contributed by atoms with Gasteiger partial charge in [-0.05, 0) is 49.9 Å². The molecule has 1 aromatic rings. The zero-order valence-corrected chi connectivity index (χ0v) is 18.0. The second-order valence-electron chi connectivity index (χ2n) is 7.20. The molecule has 0 spiro atoms. The van der Waals surface area contributed by atoms with E-state index < -0.39 is 0 Å². The standard InChI is InChI=1S/C21H36N4O3/c1-6-22-21(23-9-11-25-10-7-8-16(2)15-25)24-14-17-12-18(26-3)20(28-5)19(13-17)27-4/h12-13,16H,6-11,14-15H2,1-5H3,(H2,22,23,24). The molecule has 0 radical (unpaired) electrons. The van der Waals surface area contributed by atoms with Gasteiger partial charge >= 0.3 is 0 Å². The molecule has 0 amide bonds. The Kier molecular flexibility index (Phi) is 9.20. The summed E-state index contributed by atoms with van der Waals surface area (Å²) in [5.41, 5.74) is 0.997. The molecule has 158 valence electrons. The fourth-order valence-electron chi connectivity index (χ4n) is 3.56. The summed E-state index contributed by atoms with van der Waals surface area (Å²) in [6, 6.07) is 3.87. The number of nitrogens with zero attached hydrogens (tertiary/aromatic N) is 2. The molecule has 1 atom stereocenters. The Morgan fingerprint density at radius 1 is 1.14 bits per heavy atom.